The maximum atomic E-state index is 11.3. The summed E-state index contributed by atoms with van der Waals surface area (Å²) >= 11 is 5.35. The van der Waals surface area contributed by atoms with Crippen LogP contribution in [0.25, 0.3) is 11.0 Å². The van der Waals surface area contributed by atoms with Crippen molar-refractivity contribution in [1.29, 1.82) is 0 Å². The van der Waals surface area contributed by atoms with Gasteiger partial charge in [-0.25, -0.2) is 4.79 Å². The molecule has 2 rings (SSSR count). The van der Waals surface area contributed by atoms with E-state index in [9.17, 15) is 9.59 Å². The number of hydrogen-bond donors (Lipinski definition) is 0. The third-order valence-corrected chi connectivity index (χ3v) is 1.94. The minimum Gasteiger partial charge on any atom is -0.408 e. The summed E-state index contributed by atoms with van der Waals surface area (Å²) in [6, 6.07) is 6.42. The Morgan fingerprint density at radius 3 is 2.69 bits per heavy atom. The quantitative estimate of drug-likeness (QED) is 0.632. The van der Waals surface area contributed by atoms with Gasteiger partial charge >= 0.3 is 5.76 Å². The normalized spacial score (nSPS) is 10.5. The fourth-order valence-corrected chi connectivity index (χ4v) is 1.18. The number of benzene rings is 1. The van der Waals surface area contributed by atoms with Gasteiger partial charge < -0.3 is 4.42 Å². The summed E-state index contributed by atoms with van der Waals surface area (Å²) in [7, 11) is 0. The standard InChI is InChI=1S/C8H4ClNO3/c9-10-7(11)5-3-1-2-4-6(5)13-8(10)12/h1-4H. The third-order valence-electron chi connectivity index (χ3n) is 1.65. The predicted molar refractivity (Wildman–Crippen MR) is 48.0 cm³/mol. The molecular weight excluding hydrogens is 194 g/mol. The maximum Gasteiger partial charge on any atom is 0.437 e. The monoisotopic (exact) mass is 197 g/mol. The summed E-state index contributed by atoms with van der Waals surface area (Å²) in [4.78, 5) is 22.2. The van der Waals surface area contributed by atoms with Crippen LogP contribution < -0.4 is 11.3 Å². The summed E-state index contributed by atoms with van der Waals surface area (Å²) in [6.45, 7) is 0. The smallest absolute Gasteiger partial charge is 0.408 e. The van der Waals surface area contributed by atoms with Crippen LogP contribution in [0.3, 0.4) is 0 Å². The topological polar surface area (TPSA) is 52.2 Å². The van der Waals surface area contributed by atoms with Gasteiger partial charge in [-0.1, -0.05) is 12.1 Å². The van der Waals surface area contributed by atoms with Gasteiger partial charge in [-0.3, -0.25) is 4.79 Å². The summed E-state index contributed by atoms with van der Waals surface area (Å²) in [6.07, 6.45) is 0. The molecule has 0 aliphatic heterocycles. The molecule has 2 aromatic rings. The molecule has 0 aliphatic rings. The predicted octanol–water partition coefficient (Wildman–Crippen LogP) is 0.957. The molecule has 0 saturated carbocycles. The zero-order valence-electron chi connectivity index (χ0n) is 6.36. The number of nitrogens with zero attached hydrogens (tertiary/aromatic N) is 1. The zero-order chi connectivity index (χ0) is 9.42. The second-order valence-electron chi connectivity index (χ2n) is 2.45. The van der Waals surface area contributed by atoms with E-state index in [1.807, 2.05) is 0 Å². The molecule has 5 heteroatoms. The second kappa shape index (κ2) is 2.74. The van der Waals surface area contributed by atoms with E-state index < -0.39 is 11.3 Å². The van der Waals surface area contributed by atoms with Gasteiger partial charge in [-0.15, -0.1) is 4.09 Å². The number of para-hydroxylation sites is 1. The molecule has 4 nitrogen and oxygen atoms in total. The van der Waals surface area contributed by atoms with Gasteiger partial charge in [0, 0.05) is 11.8 Å². The van der Waals surface area contributed by atoms with Gasteiger partial charge in [-0.2, -0.15) is 0 Å². The van der Waals surface area contributed by atoms with Crippen LogP contribution in [0.5, 0.6) is 0 Å². The number of hydrogen-bond acceptors (Lipinski definition) is 3. The van der Waals surface area contributed by atoms with Gasteiger partial charge in [0.1, 0.15) is 5.58 Å². The van der Waals surface area contributed by atoms with Gasteiger partial charge in [0.25, 0.3) is 5.56 Å². The van der Waals surface area contributed by atoms with E-state index in [1.54, 1.807) is 18.2 Å². The fourth-order valence-electron chi connectivity index (χ4n) is 1.06. The SMILES string of the molecule is O=c1oc2ccccc2c(=O)n1Cl. The summed E-state index contributed by atoms with van der Waals surface area (Å²) < 4.78 is 5.17. The van der Waals surface area contributed by atoms with Crippen molar-refractivity contribution in [1.82, 2.24) is 4.09 Å². The first-order valence-corrected chi connectivity index (χ1v) is 3.85. The Hall–Kier alpha value is -1.55. The summed E-state index contributed by atoms with van der Waals surface area (Å²) in [5.41, 5.74) is -0.317. The summed E-state index contributed by atoms with van der Waals surface area (Å²) in [5.74, 6) is -0.870. The van der Waals surface area contributed by atoms with Crippen LogP contribution in [0, 0.1) is 0 Å². The van der Waals surface area contributed by atoms with Crippen LogP contribution in [-0.4, -0.2) is 4.09 Å². The molecular formula is C8H4ClNO3. The Morgan fingerprint density at radius 1 is 1.23 bits per heavy atom. The Kier molecular flexibility index (Phi) is 1.70. The fraction of sp³-hybridized carbons (Fsp3) is 0. The summed E-state index contributed by atoms with van der Waals surface area (Å²) in [5, 5.41) is 0.289. The van der Waals surface area contributed by atoms with Crippen LogP contribution in [-0.2, 0) is 0 Å². The van der Waals surface area contributed by atoms with Crippen LogP contribution in [0.4, 0.5) is 0 Å². The molecule has 1 aromatic carbocycles. The zero-order valence-corrected chi connectivity index (χ0v) is 7.12. The highest BCUT2D eigenvalue weighted by Gasteiger charge is 2.05. The largest absolute Gasteiger partial charge is 0.437 e. The average molecular weight is 198 g/mol. The number of fused-ring (bicyclic) bond motifs is 1. The highest BCUT2D eigenvalue weighted by Crippen LogP contribution is 2.05. The maximum absolute atomic E-state index is 11.3. The van der Waals surface area contributed by atoms with Crippen molar-refractivity contribution in [3.8, 4) is 0 Å². The molecule has 0 aliphatic carbocycles. The van der Waals surface area contributed by atoms with Crippen molar-refractivity contribution in [2.75, 3.05) is 0 Å². The van der Waals surface area contributed by atoms with E-state index in [0.717, 1.165) is 0 Å². The van der Waals surface area contributed by atoms with E-state index in [1.165, 1.54) is 6.07 Å². The lowest BCUT2D eigenvalue weighted by molar-refractivity contribution is 0.517. The molecule has 0 spiro atoms. The first kappa shape index (κ1) is 8.07. The Morgan fingerprint density at radius 2 is 1.92 bits per heavy atom. The van der Waals surface area contributed by atoms with Crippen molar-refractivity contribution in [2.45, 2.75) is 0 Å². The molecule has 13 heavy (non-hydrogen) atoms. The Balaban J connectivity index is 3.12. The first-order chi connectivity index (χ1) is 6.20. The van der Waals surface area contributed by atoms with Crippen LogP contribution in [0.15, 0.2) is 38.3 Å². The molecule has 0 radical (unpaired) electrons. The second-order valence-corrected chi connectivity index (χ2v) is 2.79. The molecule has 0 bridgehead atoms. The van der Waals surface area contributed by atoms with Gasteiger partial charge in [-0.05, 0) is 12.1 Å². The van der Waals surface area contributed by atoms with Gasteiger partial charge in [0.2, 0.25) is 0 Å². The number of rotatable bonds is 0. The molecule has 0 fully saturated rings. The van der Waals surface area contributed by atoms with Crippen molar-refractivity contribution in [3.05, 3.63) is 45.2 Å². The van der Waals surface area contributed by atoms with Gasteiger partial charge in [0.15, 0.2) is 0 Å². The van der Waals surface area contributed by atoms with Crippen molar-refractivity contribution in [2.24, 2.45) is 0 Å². The number of aromatic nitrogens is 1. The highest BCUT2D eigenvalue weighted by atomic mass is 35.5. The Labute approximate surface area is 77.1 Å². The first-order valence-electron chi connectivity index (χ1n) is 3.51. The lowest BCUT2D eigenvalue weighted by atomic mass is 10.3. The molecule has 0 amide bonds. The lowest BCUT2D eigenvalue weighted by Crippen LogP contribution is -2.25. The average Bonchev–Trinajstić information content (AvgIpc) is 2.15. The third kappa shape index (κ3) is 1.15. The van der Waals surface area contributed by atoms with E-state index in [-0.39, 0.29) is 11.0 Å². The Bertz CT molecular complexity index is 569. The van der Waals surface area contributed by atoms with E-state index >= 15 is 0 Å². The van der Waals surface area contributed by atoms with Crippen molar-refractivity contribution < 1.29 is 4.42 Å². The highest BCUT2D eigenvalue weighted by molar-refractivity contribution is 6.15. The van der Waals surface area contributed by atoms with E-state index in [0.29, 0.717) is 4.09 Å². The number of halogens is 1. The molecule has 0 saturated heterocycles. The van der Waals surface area contributed by atoms with Crippen molar-refractivity contribution in [3.63, 3.8) is 0 Å². The van der Waals surface area contributed by atoms with Crippen LogP contribution in [0.2, 0.25) is 0 Å². The molecule has 0 atom stereocenters. The van der Waals surface area contributed by atoms with Crippen molar-refractivity contribution >= 4 is 22.7 Å². The van der Waals surface area contributed by atoms with Gasteiger partial charge in [0.05, 0.1) is 5.39 Å². The lowest BCUT2D eigenvalue weighted by Gasteiger charge is -1.95. The molecule has 66 valence electrons. The molecule has 1 aromatic heterocycles. The minimum absolute atomic E-state index is 0.245. The molecule has 0 unspecified atom stereocenters. The van der Waals surface area contributed by atoms with E-state index in [4.69, 9.17) is 16.2 Å². The molecule has 1 heterocycles. The molecule has 0 N–H and O–H groups in total. The van der Waals surface area contributed by atoms with Crippen LogP contribution >= 0.6 is 11.8 Å². The van der Waals surface area contributed by atoms with Crippen LogP contribution in [0.1, 0.15) is 0 Å². The van der Waals surface area contributed by atoms with E-state index in [2.05, 4.69) is 0 Å². The minimum atomic E-state index is -0.870.